The molecule has 0 amide bonds. The number of nitrogens with zero attached hydrogens (tertiary/aromatic N) is 3. The predicted molar refractivity (Wildman–Crippen MR) is 79.5 cm³/mol. The van der Waals surface area contributed by atoms with Crippen LogP contribution in [-0.2, 0) is 6.42 Å². The molecule has 0 aliphatic heterocycles. The van der Waals surface area contributed by atoms with Crippen LogP contribution < -0.4 is 5.32 Å². The van der Waals surface area contributed by atoms with Crippen LogP contribution in [0, 0.1) is 6.92 Å². The first-order valence-electron chi connectivity index (χ1n) is 6.69. The summed E-state index contributed by atoms with van der Waals surface area (Å²) in [6.45, 7) is 2.84. The van der Waals surface area contributed by atoms with Gasteiger partial charge in [-0.2, -0.15) is 0 Å². The van der Waals surface area contributed by atoms with Gasteiger partial charge in [-0.1, -0.05) is 6.07 Å². The Morgan fingerprint density at radius 2 is 2.10 bits per heavy atom. The third kappa shape index (κ3) is 2.53. The minimum Gasteiger partial charge on any atom is -0.342 e. The zero-order valence-electron chi connectivity index (χ0n) is 11.6. The molecule has 0 radical (unpaired) electrons. The summed E-state index contributed by atoms with van der Waals surface area (Å²) in [5, 5.41) is 3.11. The van der Waals surface area contributed by atoms with Gasteiger partial charge in [0, 0.05) is 24.7 Å². The molecule has 0 aliphatic rings. The SMILES string of the molecule is CNCCc1nccc(-c2ccc3nc(C)[nH]c3c2)n1. The molecule has 0 spiro atoms. The van der Waals surface area contributed by atoms with Gasteiger partial charge in [0.1, 0.15) is 11.6 Å². The lowest BCUT2D eigenvalue weighted by Crippen LogP contribution is -2.12. The van der Waals surface area contributed by atoms with E-state index in [4.69, 9.17) is 0 Å². The number of H-pyrrole nitrogens is 1. The van der Waals surface area contributed by atoms with Gasteiger partial charge in [-0.15, -0.1) is 0 Å². The molecule has 0 unspecified atom stereocenters. The third-order valence-corrected chi connectivity index (χ3v) is 3.20. The Balaban J connectivity index is 1.97. The van der Waals surface area contributed by atoms with Crippen molar-refractivity contribution < 1.29 is 0 Å². The van der Waals surface area contributed by atoms with Crippen molar-refractivity contribution >= 4 is 11.0 Å². The molecule has 0 bridgehead atoms. The Labute approximate surface area is 117 Å². The summed E-state index contributed by atoms with van der Waals surface area (Å²) in [7, 11) is 1.93. The molecule has 2 aromatic heterocycles. The van der Waals surface area contributed by atoms with Crippen LogP contribution in [0.5, 0.6) is 0 Å². The fourth-order valence-corrected chi connectivity index (χ4v) is 2.21. The first-order valence-corrected chi connectivity index (χ1v) is 6.69. The fraction of sp³-hybridized carbons (Fsp3) is 0.267. The molecule has 0 fully saturated rings. The Morgan fingerprint density at radius 3 is 2.95 bits per heavy atom. The zero-order chi connectivity index (χ0) is 13.9. The van der Waals surface area contributed by atoms with E-state index in [-0.39, 0.29) is 0 Å². The molecule has 2 N–H and O–H groups in total. The van der Waals surface area contributed by atoms with Gasteiger partial charge in [0.2, 0.25) is 0 Å². The van der Waals surface area contributed by atoms with Crippen LogP contribution in [-0.4, -0.2) is 33.5 Å². The monoisotopic (exact) mass is 267 g/mol. The minimum atomic E-state index is 0.829. The molecule has 0 saturated heterocycles. The molecule has 2 heterocycles. The van der Waals surface area contributed by atoms with Gasteiger partial charge in [0.25, 0.3) is 0 Å². The maximum absolute atomic E-state index is 4.61. The lowest BCUT2D eigenvalue weighted by atomic mass is 10.1. The van der Waals surface area contributed by atoms with E-state index in [1.54, 1.807) is 0 Å². The van der Waals surface area contributed by atoms with E-state index < -0.39 is 0 Å². The van der Waals surface area contributed by atoms with Crippen LogP contribution in [0.25, 0.3) is 22.3 Å². The van der Waals surface area contributed by atoms with E-state index in [2.05, 4.69) is 31.3 Å². The molecule has 1 aromatic carbocycles. The lowest BCUT2D eigenvalue weighted by molar-refractivity contribution is 0.756. The summed E-state index contributed by atoms with van der Waals surface area (Å²) in [6.07, 6.45) is 2.64. The number of rotatable bonds is 4. The summed E-state index contributed by atoms with van der Waals surface area (Å²) in [6, 6.07) is 8.09. The number of aromatic amines is 1. The van der Waals surface area contributed by atoms with Crippen LogP contribution in [0.2, 0.25) is 0 Å². The van der Waals surface area contributed by atoms with E-state index >= 15 is 0 Å². The Kier molecular flexibility index (Phi) is 3.43. The van der Waals surface area contributed by atoms with Crippen LogP contribution in [0.4, 0.5) is 0 Å². The summed E-state index contributed by atoms with van der Waals surface area (Å²) < 4.78 is 0. The number of aromatic nitrogens is 4. The second-order valence-corrected chi connectivity index (χ2v) is 4.77. The molecular formula is C15H17N5. The molecular weight excluding hydrogens is 250 g/mol. The lowest BCUT2D eigenvalue weighted by Gasteiger charge is -2.04. The van der Waals surface area contributed by atoms with E-state index in [1.165, 1.54) is 0 Å². The van der Waals surface area contributed by atoms with Crippen molar-refractivity contribution in [3.8, 4) is 11.3 Å². The molecule has 102 valence electrons. The quantitative estimate of drug-likeness (QED) is 0.759. The van der Waals surface area contributed by atoms with Gasteiger partial charge in [-0.3, -0.25) is 0 Å². The van der Waals surface area contributed by atoms with Gasteiger partial charge in [0.15, 0.2) is 0 Å². The van der Waals surface area contributed by atoms with Gasteiger partial charge < -0.3 is 10.3 Å². The molecule has 5 heteroatoms. The first-order chi connectivity index (χ1) is 9.76. The number of hydrogen-bond acceptors (Lipinski definition) is 4. The molecule has 0 atom stereocenters. The van der Waals surface area contributed by atoms with Crippen molar-refractivity contribution in [3.63, 3.8) is 0 Å². The minimum absolute atomic E-state index is 0.829. The number of nitrogens with one attached hydrogen (secondary N) is 2. The second-order valence-electron chi connectivity index (χ2n) is 4.77. The smallest absolute Gasteiger partial charge is 0.130 e. The zero-order valence-corrected chi connectivity index (χ0v) is 11.6. The van der Waals surface area contributed by atoms with Crippen molar-refractivity contribution in [2.24, 2.45) is 0 Å². The van der Waals surface area contributed by atoms with Crippen molar-refractivity contribution in [2.45, 2.75) is 13.3 Å². The number of hydrogen-bond donors (Lipinski definition) is 2. The van der Waals surface area contributed by atoms with E-state index in [0.29, 0.717) is 0 Å². The Morgan fingerprint density at radius 1 is 1.20 bits per heavy atom. The Hall–Kier alpha value is -2.27. The maximum Gasteiger partial charge on any atom is 0.130 e. The molecule has 0 aliphatic carbocycles. The Bertz CT molecular complexity index is 732. The van der Waals surface area contributed by atoms with Crippen LogP contribution in [0.3, 0.4) is 0 Å². The summed E-state index contributed by atoms with van der Waals surface area (Å²) in [5.41, 5.74) is 4.04. The van der Waals surface area contributed by atoms with Gasteiger partial charge in [-0.25, -0.2) is 15.0 Å². The van der Waals surface area contributed by atoms with E-state index in [9.17, 15) is 0 Å². The predicted octanol–water partition coefficient (Wildman–Crippen LogP) is 2.09. The number of imidazole rings is 1. The average Bonchev–Trinajstić information content (AvgIpc) is 2.84. The highest BCUT2D eigenvalue weighted by atomic mass is 14.9. The topological polar surface area (TPSA) is 66.5 Å². The van der Waals surface area contributed by atoms with Crippen LogP contribution in [0.1, 0.15) is 11.6 Å². The average molecular weight is 267 g/mol. The first kappa shape index (κ1) is 12.7. The highest BCUT2D eigenvalue weighted by molar-refractivity contribution is 5.81. The molecule has 3 aromatic rings. The maximum atomic E-state index is 4.61. The van der Waals surface area contributed by atoms with Crippen molar-refractivity contribution in [2.75, 3.05) is 13.6 Å². The van der Waals surface area contributed by atoms with Gasteiger partial charge in [-0.05, 0) is 32.2 Å². The molecule has 20 heavy (non-hydrogen) atoms. The molecule has 3 rings (SSSR count). The third-order valence-electron chi connectivity index (χ3n) is 3.20. The normalized spacial score (nSPS) is 11.1. The number of benzene rings is 1. The fourth-order valence-electron chi connectivity index (χ4n) is 2.21. The largest absolute Gasteiger partial charge is 0.342 e. The summed E-state index contributed by atoms with van der Waals surface area (Å²) >= 11 is 0. The van der Waals surface area contributed by atoms with Gasteiger partial charge in [0.05, 0.1) is 16.7 Å². The number of fused-ring (bicyclic) bond motifs is 1. The highest BCUT2D eigenvalue weighted by Gasteiger charge is 2.05. The van der Waals surface area contributed by atoms with Crippen molar-refractivity contribution in [1.82, 2.24) is 25.3 Å². The molecule has 5 nitrogen and oxygen atoms in total. The van der Waals surface area contributed by atoms with E-state index in [1.807, 2.05) is 38.4 Å². The highest BCUT2D eigenvalue weighted by Crippen LogP contribution is 2.21. The van der Waals surface area contributed by atoms with Crippen molar-refractivity contribution in [3.05, 3.63) is 42.1 Å². The number of likely N-dealkylation sites (N-methyl/N-ethyl adjacent to an activating group) is 1. The van der Waals surface area contributed by atoms with E-state index in [0.717, 1.165) is 46.9 Å². The second kappa shape index (κ2) is 5.38. The van der Waals surface area contributed by atoms with Crippen LogP contribution >= 0.6 is 0 Å². The number of aryl methyl sites for hydroxylation is 1. The van der Waals surface area contributed by atoms with Gasteiger partial charge >= 0.3 is 0 Å². The summed E-state index contributed by atoms with van der Waals surface area (Å²) in [5.74, 6) is 1.78. The summed E-state index contributed by atoms with van der Waals surface area (Å²) in [4.78, 5) is 16.6. The molecule has 0 saturated carbocycles. The van der Waals surface area contributed by atoms with Crippen molar-refractivity contribution in [1.29, 1.82) is 0 Å². The standard InChI is InChI=1S/C15H17N5/c1-10-18-13-4-3-11(9-14(13)19-10)12-5-8-17-15(20-12)6-7-16-2/h3-5,8-9,16H,6-7H2,1-2H3,(H,18,19). The van der Waals surface area contributed by atoms with Crippen LogP contribution in [0.15, 0.2) is 30.5 Å².